The van der Waals surface area contributed by atoms with Gasteiger partial charge in [0, 0.05) is 67.7 Å². The molecule has 11 heteroatoms. The van der Waals surface area contributed by atoms with Crippen LogP contribution in [0.2, 0.25) is 0 Å². The van der Waals surface area contributed by atoms with Crippen LogP contribution in [-0.2, 0) is 21.5 Å². The van der Waals surface area contributed by atoms with E-state index < -0.39 is 21.5 Å². The molecule has 2 aliphatic carbocycles. The number of hydrogen-bond acceptors (Lipinski definition) is 6. The smallest absolute Gasteiger partial charge is 0.303 e. The first-order valence-electron chi connectivity index (χ1n) is 18.0. The maximum absolute atomic E-state index is 14.9. The monoisotopic (exact) mass is 691 g/mol. The molecule has 2 heterocycles. The molecule has 266 valence electrons. The minimum absolute atomic E-state index is 0.0318. The molecule has 1 N–H and O–H groups in total. The van der Waals surface area contributed by atoms with Crippen molar-refractivity contribution in [2.75, 3.05) is 47.9 Å². The first kappa shape index (κ1) is 35.4. The summed E-state index contributed by atoms with van der Waals surface area (Å²) in [6.07, 6.45) is 7.31. The Morgan fingerprint density at radius 2 is 1.76 bits per heavy atom. The average molecular weight is 692 g/mol. The van der Waals surface area contributed by atoms with Crippen LogP contribution < -0.4 is 9.46 Å². The zero-order chi connectivity index (χ0) is 35.2. The molecule has 3 aromatic rings. The van der Waals surface area contributed by atoms with Gasteiger partial charge in [-0.2, -0.15) is 12.7 Å². The third-order valence-electron chi connectivity index (χ3n) is 11.7. The topological polar surface area (TPSA) is 104 Å². The minimum atomic E-state index is -3.99. The highest BCUT2D eigenvalue weighted by molar-refractivity contribution is 7.87. The Labute approximate surface area is 291 Å². The third-order valence-corrected chi connectivity index (χ3v) is 13.2. The third kappa shape index (κ3) is 6.27. The van der Waals surface area contributed by atoms with Crippen LogP contribution in [0.25, 0.3) is 22.2 Å². The molecule has 1 aliphatic heterocycles. The van der Waals surface area contributed by atoms with E-state index in [1.54, 1.807) is 20.1 Å². The summed E-state index contributed by atoms with van der Waals surface area (Å²) in [4.78, 5) is 32.6. The Bertz CT molecular complexity index is 1850. The molecule has 6 rings (SSSR count). The minimum Gasteiger partial charge on any atom is -0.497 e. The van der Waals surface area contributed by atoms with Gasteiger partial charge in [-0.25, -0.2) is 4.72 Å². The van der Waals surface area contributed by atoms with Gasteiger partial charge in [-0.05, 0) is 86.7 Å². The molecule has 3 unspecified atom stereocenters. The van der Waals surface area contributed by atoms with E-state index in [4.69, 9.17) is 4.74 Å². The molecule has 2 aromatic carbocycles. The van der Waals surface area contributed by atoms with Gasteiger partial charge in [-0.15, -0.1) is 0 Å². The normalized spacial score (nSPS) is 21.1. The van der Waals surface area contributed by atoms with Crippen LogP contribution in [0.5, 0.6) is 5.75 Å². The van der Waals surface area contributed by atoms with Crippen molar-refractivity contribution in [1.29, 1.82) is 0 Å². The molecule has 3 aliphatic rings. The number of carbonyl (C=O) groups excluding carboxylic acids is 2. The van der Waals surface area contributed by atoms with E-state index >= 15 is 0 Å². The molecule has 3 atom stereocenters. The fraction of sp³-hybridized carbons (Fsp3) is 0.579. The zero-order valence-electron chi connectivity index (χ0n) is 30.2. The SMILES string of the molecule is CCC(CN(C)CC)N(C)C(=O)C12CC1c1cc(OC)ccc1-c1c(C3CCCCC3)c3ccc(C(=O)NS(=O)(=O)N(C)CC)cc3n1C2. The lowest BCUT2D eigenvalue weighted by Crippen LogP contribution is -2.47. The average Bonchev–Trinajstić information content (AvgIpc) is 3.78. The molecule has 2 saturated carbocycles. The van der Waals surface area contributed by atoms with Crippen LogP contribution in [0.15, 0.2) is 36.4 Å². The Morgan fingerprint density at radius 3 is 2.41 bits per heavy atom. The van der Waals surface area contributed by atoms with Crippen LogP contribution in [0.4, 0.5) is 0 Å². The van der Waals surface area contributed by atoms with Crippen molar-refractivity contribution in [3.8, 4) is 17.0 Å². The zero-order valence-corrected chi connectivity index (χ0v) is 31.0. The van der Waals surface area contributed by atoms with E-state index in [1.165, 1.54) is 19.0 Å². The van der Waals surface area contributed by atoms with E-state index in [0.29, 0.717) is 12.5 Å². The number of carbonyl (C=O) groups is 2. The second-order valence-electron chi connectivity index (χ2n) is 14.5. The van der Waals surface area contributed by atoms with Gasteiger partial charge in [0.1, 0.15) is 5.75 Å². The summed E-state index contributed by atoms with van der Waals surface area (Å²) in [7, 11) is 3.19. The fourth-order valence-corrected chi connectivity index (χ4v) is 9.23. The van der Waals surface area contributed by atoms with Crippen molar-refractivity contribution < 1.29 is 22.7 Å². The van der Waals surface area contributed by atoms with E-state index in [1.807, 2.05) is 30.1 Å². The summed E-state index contributed by atoms with van der Waals surface area (Å²) < 4.78 is 37.0. The van der Waals surface area contributed by atoms with E-state index in [-0.39, 0.29) is 30.0 Å². The molecule has 0 radical (unpaired) electrons. The Morgan fingerprint density at radius 1 is 1.02 bits per heavy atom. The van der Waals surface area contributed by atoms with E-state index in [0.717, 1.165) is 89.4 Å². The number of rotatable bonds is 12. The number of ether oxygens (including phenoxy) is 1. The summed E-state index contributed by atoms with van der Waals surface area (Å²) in [6, 6.07) is 11.9. The van der Waals surface area contributed by atoms with E-state index in [9.17, 15) is 18.0 Å². The first-order chi connectivity index (χ1) is 23.4. The van der Waals surface area contributed by atoms with E-state index in [2.05, 4.69) is 47.2 Å². The lowest BCUT2D eigenvalue weighted by Gasteiger charge is -2.34. The lowest BCUT2D eigenvalue weighted by atomic mass is 9.81. The van der Waals surface area contributed by atoms with Crippen LogP contribution >= 0.6 is 0 Å². The summed E-state index contributed by atoms with van der Waals surface area (Å²) in [6.45, 7) is 8.43. The van der Waals surface area contributed by atoms with Crippen LogP contribution in [0.1, 0.15) is 99.0 Å². The van der Waals surface area contributed by atoms with Crippen LogP contribution in [0, 0.1) is 5.41 Å². The number of methoxy groups -OCH3 is 1. The summed E-state index contributed by atoms with van der Waals surface area (Å²) in [5, 5.41) is 1.07. The first-order valence-corrected chi connectivity index (χ1v) is 19.4. The molecular weight excluding hydrogens is 639 g/mol. The molecule has 1 aromatic heterocycles. The highest BCUT2D eigenvalue weighted by atomic mass is 32.2. The number of fused-ring (bicyclic) bond motifs is 7. The van der Waals surface area contributed by atoms with Crippen LogP contribution in [-0.4, -0.2) is 92.8 Å². The van der Waals surface area contributed by atoms with Crippen molar-refractivity contribution in [3.05, 3.63) is 53.1 Å². The van der Waals surface area contributed by atoms with Gasteiger partial charge < -0.3 is 19.1 Å². The molecule has 2 amide bonds. The number of benzene rings is 2. The maximum Gasteiger partial charge on any atom is 0.303 e. The maximum atomic E-state index is 14.9. The highest BCUT2D eigenvalue weighted by Gasteiger charge is 2.64. The predicted molar refractivity (Wildman–Crippen MR) is 194 cm³/mol. The number of likely N-dealkylation sites (N-methyl/N-ethyl adjacent to an activating group) is 2. The highest BCUT2D eigenvalue weighted by Crippen LogP contribution is 2.66. The Hall–Kier alpha value is -3.41. The lowest BCUT2D eigenvalue weighted by molar-refractivity contribution is -0.139. The molecule has 49 heavy (non-hydrogen) atoms. The van der Waals surface area contributed by atoms with Crippen molar-refractivity contribution in [1.82, 2.24) is 23.4 Å². The second kappa shape index (κ2) is 13.7. The number of nitrogens with zero attached hydrogens (tertiary/aromatic N) is 4. The second-order valence-corrected chi connectivity index (χ2v) is 16.2. The summed E-state index contributed by atoms with van der Waals surface area (Å²) in [5.41, 5.74) is 5.15. The number of nitrogens with one attached hydrogen (secondary N) is 1. The van der Waals surface area contributed by atoms with Crippen LogP contribution in [0.3, 0.4) is 0 Å². The Kier molecular flexibility index (Phi) is 9.92. The van der Waals surface area contributed by atoms with Crippen molar-refractivity contribution in [2.24, 2.45) is 5.41 Å². The molecule has 2 fully saturated rings. The number of amides is 2. The number of aromatic nitrogens is 1. The Balaban J connectivity index is 1.54. The van der Waals surface area contributed by atoms with Gasteiger partial charge in [0.05, 0.1) is 18.2 Å². The molecular formula is C38H53N5O5S. The quantitative estimate of drug-likeness (QED) is 0.251. The van der Waals surface area contributed by atoms with Gasteiger partial charge in [0.25, 0.3) is 5.91 Å². The summed E-state index contributed by atoms with van der Waals surface area (Å²) >= 11 is 0. The van der Waals surface area contributed by atoms with Crippen molar-refractivity contribution >= 4 is 32.9 Å². The number of hydrogen-bond donors (Lipinski definition) is 1. The van der Waals surface area contributed by atoms with Gasteiger partial charge in [0.15, 0.2) is 0 Å². The molecule has 0 bridgehead atoms. The predicted octanol–water partition coefficient (Wildman–Crippen LogP) is 5.97. The summed E-state index contributed by atoms with van der Waals surface area (Å²) in [5.74, 6) is 0.635. The van der Waals surface area contributed by atoms with Gasteiger partial charge >= 0.3 is 10.2 Å². The standard InChI is InChI=1S/C38H53N5O5S/c1-8-27(23-40(4)9-2)42(6)37(45)38-22-32(38)31-21-28(48-7)17-19-29(31)35-34(25-14-12-11-13-15-25)30-18-16-26(20-33(30)43(35)24-38)36(44)39-49(46,47)41(5)10-3/h16-21,25,27,32H,8-15,22-24H2,1-7H3,(H,39,44). The molecule has 0 spiro atoms. The van der Waals surface area contributed by atoms with Gasteiger partial charge in [-0.1, -0.05) is 46.1 Å². The molecule has 0 saturated heterocycles. The fourth-order valence-electron chi connectivity index (χ4n) is 8.38. The van der Waals surface area contributed by atoms with Crippen molar-refractivity contribution in [3.63, 3.8) is 0 Å². The largest absolute Gasteiger partial charge is 0.497 e. The van der Waals surface area contributed by atoms with Gasteiger partial charge in [-0.3, -0.25) is 9.59 Å². The molecule has 10 nitrogen and oxygen atoms in total. The van der Waals surface area contributed by atoms with Crippen molar-refractivity contribution in [2.45, 2.75) is 90.1 Å². The van der Waals surface area contributed by atoms with Gasteiger partial charge in [0.2, 0.25) is 5.91 Å².